The zero-order valence-corrected chi connectivity index (χ0v) is 16.6. The summed E-state index contributed by atoms with van der Waals surface area (Å²) in [5.74, 6) is -0.753. The van der Waals surface area contributed by atoms with Gasteiger partial charge in [-0.05, 0) is 49.9 Å². The molecule has 2 fully saturated rings. The van der Waals surface area contributed by atoms with Crippen molar-refractivity contribution in [3.63, 3.8) is 0 Å². The first-order chi connectivity index (χ1) is 13.5. The van der Waals surface area contributed by atoms with E-state index in [2.05, 4.69) is 10.3 Å². The lowest BCUT2D eigenvalue weighted by atomic mass is 9.96. The lowest BCUT2D eigenvalue weighted by molar-refractivity contribution is -0.142. The van der Waals surface area contributed by atoms with Crippen molar-refractivity contribution in [2.45, 2.75) is 45.4 Å². The Morgan fingerprint density at radius 3 is 2.18 bits per heavy atom. The van der Waals surface area contributed by atoms with E-state index in [0.717, 1.165) is 43.8 Å². The van der Waals surface area contributed by atoms with E-state index in [1.807, 2.05) is 36.2 Å². The molecular weight excluding hydrogens is 358 g/mol. The fourth-order valence-corrected chi connectivity index (χ4v) is 3.54. The molecule has 2 N–H and O–H groups in total. The number of hydrazine groups is 1. The third kappa shape index (κ3) is 6.64. The van der Waals surface area contributed by atoms with E-state index in [0.29, 0.717) is 19.3 Å². The van der Waals surface area contributed by atoms with Crippen LogP contribution in [-0.4, -0.2) is 54.5 Å². The molecule has 3 rings (SSSR count). The maximum Gasteiger partial charge on any atom is 0.306 e. The summed E-state index contributed by atoms with van der Waals surface area (Å²) >= 11 is 0. The van der Waals surface area contributed by atoms with E-state index in [1.165, 1.54) is 19.3 Å². The summed E-state index contributed by atoms with van der Waals surface area (Å²) in [4.78, 5) is 34.5. The van der Waals surface area contributed by atoms with Crippen molar-refractivity contribution >= 4 is 23.9 Å². The second-order valence-corrected chi connectivity index (χ2v) is 7.22. The van der Waals surface area contributed by atoms with Crippen LogP contribution in [0.25, 0.3) is 0 Å². The van der Waals surface area contributed by atoms with Gasteiger partial charge in [-0.1, -0.05) is 13.3 Å². The second-order valence-electron chi connectivity index (χ2n) is 7.22. The molecule has 1 aromatic carbocycles. The van der Waals surface area contributed by atoms with Crippen molar-refractivity contribution in [3.05, 3.63) is 29.8 Å². The van der Waals surface area contributed by atoms with Crippen molar-refractivity contribution in [1.82, 2.24) is 10.4 Å². The van der Waals surface area contributed by atoms with Gasteiger partial charge in [0.15, 0.2) is 5.78 Å². The number of carbonyl (C=O) groups excluding carboxylic acids is 2. The lowest BCUT2D eigenvalue weighted by Gasteiger charge is -2.32. The Morgan fingerprint density at radius 2 is 1.68 bits per heavy atom. The van der Waals surface area contributed by atoms with E-state index < -0.39 is 5.97 Å². The maximum absolute atomic E-state index is 11.5. The summed E-state index contributed by atoms with van der Waals surface area (Å²) < 4.78 is 0. The number of nitrogens with one attached hydrogen (secondary N) is 1. The van der Waals surface area contributed by atoms with E-state index in [4.69, 9.17) is 5.11 Å². The minimum atomic E-state index is -0.691. The van der Waals surface area contributed by atoms with Gasteiger partial charge in [0.25, 0.3) is 0 Å². The van der Waals surface area contributed by atoms with E-state index in [-0.39, 0.29) is 11.7 Å². The number of ketones is 1. The number of carboxylic acids is 1. The molecule has 1 amide bonds. The predicted octanol–water partition coefficient (Wildman–Crippen LogP) is 2.71. The Morgan fingerprint density at radius 1 is 1.07 bits per heavy atom. The fraction of sp³-hybridized carbons (Fsp3) is 0.571. The van der Waals surface area contributed by atoms with Crippen molar-refractivity contribution in [3.8, 4) is 0 Å². The number of benzene rings is 1. The first-order valence-electron chi connectivity index (χ1n) is 10.1. The highest BCUT2D eigenvalue weighted by Gasteiger charge is 2.24. The van der Waals surface area contributed by atoms with Crippen LogP contribution >= 0.6 is 0 Å². The highest BCUT2D eigenvalue weighted by molar-refractivity contribution is 5.96. The van der Waals surface area contributed by atoms with Crippen molar-refractivity contribution in [1.29, 1.82) is 0 Å². The number of anilines is 1. The van der Waals surface area contributed by atoms with Gasteiger partial charge in [-0.15, -0.1) is 0 Å². The molecule has 1 aromatic rings. The van der Waals surface area contributed by atoms with Crippen LogP contribution in [0.15, 0.2) is 24.3 Å². The number of hydrogen-bond acceptors (Lipinski definition) is 5. The zero-order valence-electron chi connectivity index (χ0n) is 16.6. The van der Waals surface area contributed by atoms with Crippen LogP contribution in [0.1, 0.15) is 55.8 Å². The maximum atomic E-state index is 11.5. The first-order valence-corrected chi connectivity index (χ1v) is 10.1. The molecule has 0 unspecified atom stereocenters. The van der Waals surface area contributed by atoms with E-state index in [9.17, 15) is 14.4 Å². The summed E-state index contributed by atoms with van der Waals surface area (Å²) in [7, 11) is 0. The zero-order chi connectivity index (χ0) is 20.4. The van der Waals surface area contributed by atoms with Crippen LogP contribution in [0.5, 0.6) is 0 Å². The molecule has 0 bridgehead atoms. The predicted molar refractivity (Wildman–Crippen MR) is 108 cm³/mol. The topological polar surface area (TPSA) is 90.0 Å². The lowest BCUT2D eigenvalue weighted by Crippen LogP contribution is -2.40. The van der Waals surface area contributed by atoms with Crippen molar-refractivity contribution in [2.24, 2.45) is 5.92 Å². The van der Waals surface area contributed by atoms with Gasteiger partial charge in [0.2, 0.25) is 6.41 Å². The average molecular weight is 389 g/mol. The summed E-state index contributed by atoms with van der Waals surface area (Å²) in [6.45, 7) is 5.40. The SMILES string of the molecule is CCC(=O)c1ccc(N2CCC(C(=O)O)CC2)cc1.O=CNN1CCCCC1. The number of aliphatic carboxylic acids is 1. The molecular formula is C21H31N3O4. The third-order valence-corrected chi connectivity index (χ3v) is 5.31. The molecule has 2 saturated heterocycles. The molecule has 28 heavy (non-hydrogen) atoms. The van der Waals surface area contributed by atoms with Gasteiger partial charge in [0.05, 0.1) is 5.92 Å². The second kappa shape index (κ2) is 11.4. The Balaban J connectivity index is 0.000000261. The average Bonchev–Trinajstić information content (AvgIpc) is 2.75. The fourth-order valence-electron chi connectivity index (χ4n) is 3.54. The van der Waals surface area contributed by atoms with Gasteiger partial charge in [-0.2, -0.15) is 0 Å². The molecule has 7 heteroatoms. The first kappa shape index (κ1) is 21.9. The monoisotopic (exact) mass is 389 g/mol. The summed E-state index contributed by atoms with van der Waals surface area (Å²) in [5, 5.41) is 10.9. The van der Waals surface area contributed by atoms with E-state index >= 15 is 0 Å². The Labute approximate surface area is 166 Å². The number of carbonyl (C=O) groups is 3. The molecule has 2 heterocycles. The number of nitrogens with zero attached hydrogens (tertiary/aromatic N) is 2. The quantitative estimate of drug-likeness (QED) is 0.574. The largest absolute Gasteiger partial charge is 0.481 e. The molecule has 0 radical (unpaired) electrons. The number of amides is 1. The number of hydrogen-bond donors (Lipinski definition) is 2. The van der Waals surface area contributed by atoms with Crippen LogP contribution in [0.3, 0.4) is 0 Å². The van der Waals surface area contributed by atoms with Gasteiger partial charge >= 0.3 is 5.97 Å². The number of Topliss-reactive ketones (excluding diaryl/α,β-unsaturated/α-hetero) is 1. The minimum absolute atomic E-state index is 0.149. The molecule has 7 nitrogen and oxygen atoms in total. The van der Waals surface area contributed by atoms with Crippen molar-refractivity contribution < 1.29 is 19.5 Å². The van der Waals surface area contributed by atoms with Crippen LogP contribution < -0.4 is 10.3 Å². The van der Waals surface area contributed by atoms with Gasteiger partial charge in [0, 0.05) is 43.9 Å². The third-order valence-electron chi connectivity index (χ3n) is 5.31. The Hall–Kier alpha value is -2.41. The number of piperidine rings is 2. The van der Waals surface area contributed by atoms with Gasteiger partial charge in [0.1, 0.15) is 0 Å². The Kier molecular flexibility index (Phi) is 8.94. The van der Waals surface area contributed by atoms with Gasteiger partial charge in [-0.3, -0.25) is 19.8 Å². The molecule has 0 aliphatic carbocycles. The van der Waals surface area contributed by atoms with Crippen LogP contribution in [-0.2, 0) is 9.59 Å². The minimum Gasteiger partial charge on any atom is -0.481 e. The van der Waals surface area contributed by atoms with Crippen LogP contribution in [0.2, 0.25) is 0 Å². The smallest absolute Gasteiger partial charge is 0.306 e. The van der Waals surface area contributed by atoms with Crippen molar-refractivity contribution in [2.75, 3.05) is 31.1 Å². The summed E-state index contributed by atoms with van der Waals surface area (Å²) in [5.41, 5.74) is 4.45. The normalized spacial score (nSPS) is 18.0. The van der Waals surface area contributed by atoms with E-state index in [1.54, 1.807) is 0 Å². The molecule has 154 valence electrons. The molecule has 2 aliphatic rings. The molecule has 0 saturated carbocycles. The number of rotatable bonds is 6. The van der Waals surface area contributed by atoms with Gasteiger partial charge < -0.3 is 10.0 Å². The highest BCUT2D eigenvalue weighted by Crippen LogP contribution is 2.24. The Bertz CT molecular complexity index is 634. The molecule has 0 atom stereocenters. The molecule has 0 aromatic heterocycles. The van der Waals surface area contributed by atoms with Crippen LogP contribution in [0, 0.1) is 5.92 Å². The standard InChI is InChI=1S/C15H19NO3.C6H12N2O/c1-2-14(17)11-3-5-13(6-4-11)16-9-7-12(8-10-16)15(18)19;9-6-7-8-4-2-1-3-5-8/h3-6,12H,2,7-10H2,1H3,(H,18,19);6H,1-5H2,(H,7,9). The molecule has 0 spiro atoms. The summed E-state index contributed by atoms with van der Waals surface area (Å²) in [6, 6.07) is 7.60. The molecule has 2 aliphatic heterocycles. The highest BCUT2D eigenvalue weighted by atomic mass is 16.4. The summed E-state index contributed by atoms with van der Waals surface area (Å²) in [6.07, 6.45) is 6.35. The van der Waals surface area contributed by atoms with Crippen LogP contribution in [0.4, 0.5) is 5.69 Å². The number of carboxylic acid groups (broad SMARTS) is 1. The van der Waals surface area contributed by atoms with Gasteiger partial charge in [-0.25, -0.2) is 5.01 Å².